The minimum atomic E-state index is -0.454. The third kappa shape index (κ3) is 5.46. The Bertz CT molecular complexity index is 1530. The van der Waals surface area contributed by atoms with Gasteiger partial charge in [0.05, 0.1) is 22.3 Å². The summed E-state index contributed by atoms with van der Waals surface area (Å²) in [6, 6.07) is 15.5. The van der Waals surface area contributed by atoms with Crippen molar-refractivity contribution < 1.29 is 18.4 Å². The Balaban J connectivity index is 1.52. The fourth-order valence-electron chi connectivity index (χ4n) is 4.41. The normalized spacial score (nSPS) is 13.7. The number of thioether (sulfide) groups is 1. The molecule has 0 atom stereocenters. The Labute approximate surface area is 215 Å². The molecule has 0 saturated heterocycles. The van der Waals surface area contributed by atoms with Crippen molar-refractivity contribution >= 4 is 34.4 Å². The largest absolute Gasteiger partial charge is 0.349 e. The number of fused-ring (bicyclic) bond motifs is 1. The number of aromatic nitrogens is 2. The Morgan fingerprint density at radius 1 is 0.919 bits per heavy atom. The highest BCUT2D eigenvalue weighted by atomic mass is 32.2. The Morgan fingerprint density at radius 3 is 2.22 bits per heavy atom. The number of hydrogen-bond acceptors (Lipinski definition) is 5. The molecule has 1 aromatic heterocycles. The van der Waals surface area contributed by atoms with Crippen LogP contribution in [0.3, 0.4) is 0 Å². The van der Waals surface area contributed by atoms with E-state index in [2.05, 4.69) is 10.3 Å². The van der Waals surface area contributed by atoms with E-state index in [1.54, 1.807) is 18.2 Å². The molecule has 0 aliphatic heterocycles. The van der Waals surface area contributed by atoms with Crippen LogP contribution in [0.4, 0.5) is 8.78 Å². The second-order valence-electron chi connectivity index (χ2n) is 8.92. The molecule has 6 nitrogen and oxygen atoms in total. The van der Waals surface area contributed by atoms with Crippen LogP contribution < -0.4 is 10.9 Å². The molecule has 1 saturated carbocycles. The molecule has 3 aromatic carbocycles. The fourth-order valence-corrected chi connectivity index (χ4v) is 5.32. The van der Waals surface area contributed by atoms with E-state index in [-0.39, 0.29) is 34.0 Å². The van der Waals surface area contributed by atoms with Gasteiger partial charge in [-0.05, 0) is 79.6 Å². The van der Waals surface area contributed by atoms with Gasteiger partial charge in [-0.25, -0.2) is 13.8 Å². The third-order valence-electron chi connectivity index (χ3n) is 6.37. The highest BCUT2D eigenvalue weighted by Crippen LogP contribution is 2.24. The summed E-state index contributed by atoms with van der Waals surface area (Å²) in [7, 11) is 0. The van der Waals surface area contributed by atoms with Crippen LogP contribution in [0.1, 0.15) is 46.4 Å². The number of halogens is 2. The molecule has 4 aromatic rings. The molecule has 1 aliphatic rings. The summed E-state index contributed by atoms with van der Waals surface area (Å²) in [6.07, 6.45) is 4.07. The molecule has 1 amide bonds. The summed E-state index contributed by atoms with van der Waals surface area (Å²) in [4.78, 5) is 43.7. The van der Waals surface area contributed by atoms with Crippen molar-refractivity contribution in [2.75, 3.05) is 5.75 Å². The predicted molar refractivity (Wildman–Crippen MR) is 138 cm³/mol. The van der Waals surface area contributed by atoms with Gasteiger partial charge in [0.2, 0.25) is 0 Å². The van der Waals surface area contributed by atoms with Crippen molar-refractivity contribution in [1.29, 1.82) is 0 Å². The first-order chi connectivity index (χ1) is 17.9. The lowest BCUT2D eigenvalue weighted by molar-refractivity contribution is 0.0937. The van der Waals surface area contributed by atoms with Gasteiger partial charge in [-0.1, -0.05) is 24.6 Å². The van der Waals surface area contributed by atoms with Crippen LogP contribution in [0.5, 0.6) is 0 Å². The number of ketones is 1. The zero-order valence-corrected chi connectivity index (χ0v) is 20.6. The van der Waals surface area contributed by atoms with Crippen LogP contribution in [0.2, 0.25) is 0 Å². The Hall–Kier alpha value is -3.85. The van der Waals surface area contributed by atoms with Gasteiger partial charge in [0, 0.05) is 17.2 Å². The lowest BCUT2D eigenvalue weighted by Crippen LogP contribution is -2.32. The van der Waals surface area contributed by atoms with Crippen LogP contribution in [0.25, 0.3) is 16.6 Å². The van der Waals surface area contributed by atoms with Crippen molar-refractivity contribution in [3.05, 3.63) is 99.8 Å². The summed E-state index contributed by atoms with van der Waals surface area (Å²) in [5.74, 6) is -1.46. The van der Waals surface area contributed by atoms with E-state index in [0.29, 0.717) is 22.3 Å². The summed E-state index contributed by atoms with van der Waals surface area (Å²) < 4.78 is 28.1. The lowest BCUT2D eigenvalue weighted by Gasteiger charge is -2.15. The van der Waals surface area contributed by atoms with Crippen molar-refractivity contribution in [2.45, 2.75) is 36.9 Å². The van der Waals surface area contributed by atoms with Crippen LogP contribution in [0, 0.1) is 11.6 Å². The number of rotatable bonds is 7. The number of nitrogens with one attached hydrogen (secondary N) is 1. The first kappa shape index (κ1) is 24.8. The number of hydrogen-bond donors (Lipinski definition) is 1. The molecule has 1 heterocycles. The SMILES string of the molecule is O=C(CSc1nc2cc(C(=O)NC3CCCC3)ccc2c(=O)n1-c1ccc(F)cc1)c1ccc(F)cc1. The van der Waals surface area contributed by atoms with Gasteiger partial charge >= 0.3 is 0 Å². The van der Waals surface area contributed by atoms with E-state index in [0.717, 1.165) is 37.4 Å². The second-order valence-corrected chi connectivity index (χ2v) is 9.86. The Kier molecular flexibility index (Phi) is 7.14. The fraction of sp³-hybridized carbons (Fsp3) is 0.214. The van der Waals surface area contributed by atoms with Crippen LogP contribution in [0.15, 0.2) is 76.7 Å². The minimum Gasteiger partial charge on any atom is -0.349 e. The lowest BCUT2D eigenvalue weighted by atomic mass is 10.1. The maximum absolute atomic E-state index is 13.6. The average Bonchev–Trinajstić information content (AvgIpc) is 3.41. The quantitative estimate of drug-likeness (QED) is 0.203. The number of Topliss-reactive ketones (excluding diaryl/α,β-unsaturated/α-hetero) is 1. The van der Waals surface area contributed by atoms with Crippen molar-refractivity contribution in [3.63, 3.8) is 0 Å². The van der Waals surface area contributed by atoms with Gasteiger partial charge in [0.1, 0.15) is 11.6 Å². The molecule has 1 N–H and O–H groups in total. The molecular formula is C28H23F2N3O3S. The Morgan fingerprint density at radius 2 is 1.54 bits per heavy atom. The summed E-state index contributed by atoms with van der Waals surface area (Å²) in [5, 5.41) is 3.54. The highest BCUT2D eigenvalue weighted by Gasteiger charge is 2.20. The highest BCUT2D eigenvalue weighted by molar-refractivity contribution is 7.99. The van der Waals surface area contributed by atoms with Crippen molar-refractivity contribution in [2.24, 2.45) is 0 Å². The van der Waals surface area contributed by atoms with Crippen LogP contribution in [-0.4, -0.2) is 33.0 Å². The van der Waals surface area contributed by atoms with Gasteiger partial charge in [-0.2, -0.15) is 0 Å². The van der Waals surface area contributed by atoms with E-state index < -0.39 is 17.2 Å². The van der Waals surface area contributed by atoms with Crippen LogP contribution >= 0.6 is 11.8 Å². The zero-order chi connectivity index (χ0) is 25.9. The van der Waals surface area contributed by atoms with E-state index >= 15 is 0 Å². The third-order valence-corrected chi connectivity index (χ3v) is 7.31. The van der Waals surface area contributed by atoms with Gasteiger partial charge in [-0.15, -0.1) is 0 Å². The number of carbonyl (C=O) groups is 2. The molecule has 0 radical (unpaired) electrons. The number of carbonyl (C=O) groups excluding carboxylic acids is 2. The summed E-state index contributed by atoms with van der Waals surface area (Å²) in [5.41, 5.74) is 1.02. The maximum atomic E-state index is 13.6. The minimum absolute atomic E-state index is 0.0629. The van der Waals surface area contributed by atoms with Gasteiger partial charge in [-0.3, -0.25) is 19.0 Å². The molecule has 37 heavy (non-hydrogen) atoms. The molecule has 5 rings (SSSR count). The van der Waals surface area contributed by atoms with Crippen molar-refractivity contribution in [1.82, 2.24) is 14.9 Å². The van der Waals surface area contributed by atoms with E-state index in [9.17, 15) is 23.2 Å². The van der Waals surface area contributed by atoms with Crippen molar-refractivity contribution in [3.8, 4) is 5.69 Å². The molecule has 0 unspecified atom stereocenters. The maximum Gasteiger partial charge on any atom is 0.266 e. The summed E-state index contributed by atoms with van der Waals surface area (Å²) in [6.45, 7) is 0. The molecular weight excluding hydrogens is 496 g/mol. The van der Waals surface area contributed by atoms with Crippen LogP contribution in [-0.2, 0) is 0 Å². The number of benzene rings is 3. The number of nitrogens with zero attached hydrogens (tertiary/aromatic N) is 2. The molecule has 0 spiro atoms. The molecule has 0 bridgehead atoms. The average molecular weight is 520 g/mol. The number of amides is 1. The first-order valence-corrected chi connectivity index (χ1v) is 12.9. The van der Waals surface area contributed by atoms with E-state index in [1.807, 2.05) is 0 Å². The van der Waals surface area contributed by atoms with E-state index in [4.69, 9.17) is 0 Å². The van der Waals surface area contributed by atoms with Gasteiger partial charge < -0.3 is 5.32 Å². The molecule has 9 heteroatoms. The standard InChI is InChI=1S/C28H23F2N3O3S/c29-19-8-5-17(6-9-19)25(34)16-37-28-32-24-15-18(26(35)31-21-3-1-2-4-21)7-14-23(24)27(36)33(28)22-12-10-20(30)11-13-22/h5-15,21H,1-4,16H2,(H,31,35). The predicted octanol–water partition coefficient (Wildman–Crippen LogP) is 5.31. The second kappa shape index (κ2) is 10.6. The molecule has 1 fully saturated rings. The van der Waals surface area contributed by atoms with Gasteiger partial charge in [0.15, 0.2) is 10.9 Å². The van der Waals surface area contributed by atoms with E-state index in [1.165, 1.54) is 53.1 Å². The molecule has 1 aliphatic carbocycles. The van der Waals surface area contributed by atoms with Gasteiger partial charge in [0.25, 0.3) is 11.5 Å². The zero-order valence-electron chi connectivity index (χ0n) is 19.7. The first-order valence-electron chi connectivity index (χ1n) is 11.9. The smallest absolute Gasteiger partial charge is 0.266 e. The molecule has 188 valence electrons. The monoisotopic (exact) mass is 519 g/mol. The topological polar surface area (TPSA) is 81.1 Å². The summed E-state index contributed by atoms with van der Waals surface area (Å²) >= 11 is 1.04.